The molecule has 2 atom stereocenters. The number of benzene rings is 1. The third-order valence-electron chi connectivity index (χ3n) is 8.48. The second-order valence-corrected chi connectivity index (χ2v) is 12.2. The number of anilines is 1. The highest BCUT2D eigenvalue weighted by atomic mass is 35.5. The molecule has 2 bridgehead atoms. The lowest BCUT2D eigenvalue weighted by molar-refractivity contribution is -0.141. The summed E-state index contributed by atoms with van der Waals surface area (Å²) < 4.78 is 49.1. The molecule has 0 spiro atoms. The number of aromatic nitrogens is 10. The first-order valence-corrected chi connectivity index (χ1v) is 16.0. The Labute approximate surface area is 291 Å². The van der Waals surface area contributed by atoms with E-state index in [4.69, 9.17) is 16.3 Å². The minimum atomic E-state index is -4.70. The molecule has 6 heterocycles. The molecule has 1 aromatic carbocycles. The number of alkyl halides is 3. The molecule has 1 aliphatic rings. The number of nitrogens with one attached hydrogen (secondary N) is 1. The van der Waals surface area contributed by atoms with Gasteiger partial charge in [0.15, 0.2) is 11.5 Å². The number of hydrogen-bond donors (Lipinski definition) is 1. The van der Waals surface area contributed by atoms with Gasteiger partial charge in [-0.25, -0.2) is 24.3 Å². The molecule has 18 heteroatoms. The monoisotopic (exact) mass is 717 g/mol. The van der Waals surface area contributed by atoms with E-state index in [0.717, 1.165) is 10.9 Å². The number of methoxy groups -OCH3 is 1. The zero-order chi connectivity index (χ0) is 35.9. The zero-order valence-corrected chi connectivity index (χ0v) is 27.7. The molecule has 0 unspecified atom stereocenters. The average molecular weight is 718 g/mol. The molecule has 1 amide bonds. The van der Waals surface area contributed by atoms with Crippen molar-refractivity contribution in [3.05, 3.63) is 100 Å². The van der Waals surface area contributed by atoms with Crippen molar-refractivity contribution in [2.45, 2.75) is 38.4 Å². The first kappa shape index (κ1) is 33.5. The normalized spacial score (nSPS) is 16.5. The second-order valence-electron chi connectivity index (χ2n) is 11.8. The number of rotatable bonds is 5. The van der Waals surface area contributed by atoms with E-state index in [9.17, 15) is 22.8 Å². The Morgan fingerprint density at radius 1 is 1.02 bits per heavy atom. The Balaban J connectivity index is 1.31. The minimum Gasteiger partial charge on any atom is -0.481 e. The van der Waals surface area contributed by atoms with E-state index in [2.05, 4.69) is 40.7 Å². The van der Waals surface area contributed by atoms with E-state index in [1.807, 2.05) is 13.0 Å². The van der Waals surface area contributed by atoms with Gasteiger partial charge in [0, 0.05) is 40.4 Å². The van der Waals surface area contributed by atoms with Gasteiger partial charge in [-0.05, 0) is 43.2 Å². The first-order valence-electron chi connectivity index (χ1n) is 15.6. The highest BCUT2D eigenvalue weighted by molar-refractivity contribution is 6.31. The predicted octanol–water partition coefficient (Wildman–Crippen LogP) is 5.56. The van der Waals surface area contributed by atoms with Crippen LogP contribution >= 0.6 is 11.6 Å². The summed E-state index contributed by atoms with van der Waals surface area (Å²) in [6, 6.07) is 10.3. The highest BCUT2D eigenvalue weighted by Crippen LogP contribution is 2.35. The second kappa shape index (κ2) is 13.4. The van der Waals surface area contributed by atoms with Crippen molar-refractivity contribution in [2.75, 3.05) is 12.4 Å². The molecular weight excluding hydrogens is 691 g/mol. The molecule has 0 fully saturated rings. The van der Waals surface area contributed by atoms with Crippen molar-refractivity contribution >= 4 is 23.2 Å². The Bertz CT molecular complexity index is 2320. The van der Waals surface area contributed by atoms with Crippen molar-refractivity contribution < 1.29 is 22.7 Å². The summed E-state index contributed by atoms with van der Waals surface area (Å²) in [4.78, 5) is 44.8. The highest BCUT2D eigenvalue weighted by Gasteiger charge is 2.35. The number of amides is 1. The van der Waals surface area contributed by atoms with Crippen LogP contribution in [0.15, 0.2) is 78.5 Å². The van der Waals surface area contributed by atoms with Gasteiger partial charge in [-0.1, -0.05) is 30.2 Å². The quantitative estimate of drug-likeness (QED) is 0.239. The van der Waals surface area contributed by atoms with Gasteiger partial charge in [0.2, 0.25) is 11.8 Å². The van der Waals surface area contributed by atoms with Crippen LogP contribution in [0.1, 0.15) is 43.6 Å². The third kappa shape index (κ3) is 6.66. The van der Waals surface area contributed by atoms with Crippen LogP contribution in [0.25, 0.3) is 34.0 Å². The summed E-state index contributed by atoms with van der Waals surface area (Å²) in [6.07, 6.45) is 3.42. The zero-order valence-electron chi connectivity index (χ0n) is 26.9. The predicted molar refractivity (Wildman–Crippen MR) is 178 cm³/mol. The fourth-order valence-corrected chi connectivity index (χ4v) is 6.05. The summed E-state index contributed by atoms with van der Waals surface area (Å²) in [7, 11) is 1.48. The fraction of sp³-hybridized carbons (Fsp3) is 0.242. The topological polar surface area (TPSA) is 160 Å². The fourth-order valence-electron chi connectivity index (χ4n) is 5.88. The molecule has 260 valence electrons. The number of ether oxygens (including phenoxy) is 1. The van der Waals surface area contributed by atoms with Crippen LogP contribution in [0, 0.1) is 5.92 Å². The van der Waals surface area contributed by atoms with E-state index in [0.29, 0.717) is 53.6 Å². The molecule has 6 aromatic rings. The molecule has 1 aliphatic heterocycles. The molecule has 1 N–H and O–H groups in total. The Morgan fingerprint density at radius 2 is 1.86 bits per heavy atom. The molecule has 5 aromatic heterocycles. The van der Waals surface area contributed by atoms with Crippen molar-refractivity contribution in [3.63, 3.8) is 0 Å². The molecule has 0 aliphatic carbocycles. The van der Waals surface area contributed by atoms with Crippen molar-refractivity contribution in [1.29, 1.82) is 0 Å². The van der Waals surface area contributed by atoms with Crippen LogP contribution in [0.2, 0.25) is 5.02 Å². The molecule has 7 rings (SSSR count). The van der Waals surface area contributed by atoms with Crippen molar-refractivity contribution in [2.24, 2.45) is 5.92 Å². The summed E-state index contributed by atoms with van der Waals surface area (Å²) in [5, 5.41) is 14.7. The van der Waals surface area contributed by atoms with Gasteiger partial charge >= 0.3 is 6.18 Å². The van der Waals surface area contributed by atoms with Gasteiger partial charge in [-0.15, -0.1) is 5.10 Å². The average Bonchev–Trinajstić information content (AvgIpc) is 3.78. The number of pyridine rings is 1. The van der Waals surface area contributed by atoms with Crippen LogP contribution in [-0.4, -0.2) is 62.3 Å². The van der Waals surface area contributed by atoms with Gasteiger partial charge in [-0.2, -0.15) is 18.3 Å². The summed E-state index contributed by atoms with van der Waals surface area (Å²) >= 11 is 6.27. The molecule has 0 radical (unpaired) electrons. The summed E-state index contributed by atoms with van der Waals surface area (Å²) in [5.41, 5.74) is 1.15. The molecule has 0 saturated carbocycles. The van der Waals surface area contributed by atoms with E-state index in [-0.39, 0.29) is 33.8 Å². The van der Waals surface area contributed by atoms with Gasteiger partial charge in [-0.3, -0.25) is 19.1 Å². The maximum atomic E-state index is 13.9. The Morgan fingerprint density at radius 3 is 2.63 bits per heavy atom. The van der Waals surface area contributed by atoms with Crippen LogP contribution < -0.4 is 15.6 Å². The van der Waals surface area contributed by atoms with E-state index in [1.165, 1.54) is 48.6 Å². The number of carbonyl (C=O) groups is 1. The molecule has 51 heavy (non-hydrogen) atoms. The van der Waals surface area contributed by atoms with Crippen molar-refractivity contribution in [1.82, 2.24) is 49.3 Å². The van der Waals surface area contributed by atoms with E-state index >= 15 is 0 Å². The van der Waals surface area contributed by atoms with Crippen molar-refractivity contribution in [3.8, 4) is 39.9 Å². The Hall–Kier alpha value is -5.97. The van der Waals surface area contributed by atoms with Gasteiger partial charge in [0.05, 0.1) is 60.3 Å². The van der Waals surface area contributed by atoms with Gasteiger partial charge in [0.25, 0.3) is 5.56 Å². The number of hydrogen-bond acceptors (Lipinski definition) is 10. The number of nitrogens with zero attached hydrogens (tertiary/aromatic N) is 10. The maximum absolute atomic E-state index is 13.9. The van der Waals surface area contributed by atoms with Crippen LogP contribution in [0.3, 0.4) is 0 Å². The minimum absolute atomic E-state index is 0.159. The lowest BCUT2D eigenvalue weighted by Gasteiger charge is -2.22. The van der Waals surface area contributed by atoms with Crippen LogP contribution in [0.4, 0.5) is 18.9 Å². The summed E-state index contributed by atoms with van der Waals surface area (Å²) in [6.45, 7) is 1.82. The SMILES string of the molecule is COc1cc(-n2ncc3c2-c2ccnc(c2)[C@@H](n2cnc(-c4cc(Cl)ccc4-n4cc(C(F)(F)F)nn4)cc2=O)CCC[C@@H](C)C(=O)N3)ncn1. The maximum Gasteiger partial charge on any atom is 0.436 e. The number of carbonyl (C=O) groups excluding carboxylic acids is 1. The smallest absolute Gasteiger partial charge is 0.436 e. The van der Waals surface area contributed by atoms with Gasteiger partial charge in [0.1, 0.15) is 6.33 Å². The summed E-state index contributed by atoms with van der Waals surface area (Å²) in [5.74, 6) is 0.139. The van der Waals surface area contributed by atoms with E-state index < -0.39 is 23.5 Å². The van der Waals surface area contributed by atoms with E-state index in [1.54, 1.807) is 29.2 Å². The molecular formula is C33H27ClF3N11O3. The number of halogens is 4. The van der Waals surface area contributed by atoms with Gasteiger partial charge < -0.3 is 10.1 Å². The van der Waals surface area contributed by atoms with Crippen LogP contribution in [0.5, 0.6) is 5.88 Å². The largest absolute Gasteiger partial charge is 0.481 e. The molecule has 14 nitrogen and oxygen atoms in total. The van der Waals surface area contributed by atoms with Crippen LogP contribution in [-0.2, 0) is 11.0 Å². The number of fused-ring (bicyclic) bond motifs is 4. The lowest BCUT2D eigenvalue weighted by Crippen LogP contribution is -2.27. The molecule has 0 saturated heterocycles. The Kier molecular flexibility index (Phi) is 8.80. The standard InChI is InChI=1S/C33H27ClF3N11O3/c1-18-4-3-5-26(23-10-19(8-9-38-23)31-24(43-32(18)50)14-42-48(31)28-13-29(51-2)40-16-39-28)46-17-41-22(12-30(46)49)21-11-20(34)6-7-25(21)47-15-27(44-45-47)33(35,36)37/h6-18,26H,3-5H2,1-2H3,(H,43,50)/t18-,26+/m1/s1. The third-order valence-corrected chi connectivity index (χ3v) is 8.71. The lowest BCUT2D eigenvalue weighted by atomic mass is 9.97. The first-order chi connectivity index (χ1) is 24.5.